The first-order valence-electron chi connectivity index (χ1n) is 5.46. The lowest BCUT2D eigenvalue weighted by Gasteiger charge is -2.25. The quantitative estimate of drug-likeness (QED) is 0.793. The van der Waals surface area contributed by atoms with Gasteiger partial charge in [0.1, 0.15) is 11.8 Å². The number of pyridine rings is 1. The molecule has 0 atom stereocenters. The highest BCUT2D eigenvalue weighted by molar-refractivity contribution is 5.42. The molecule has 0 saturated carbocycles. The van der Waals surface area contributed by atoms with Crippen molar-refractivity contribution < 1.29 is 5.11 Å². The van der Waals surface area contributed by atoms with Gasteiger partial charge in [-0.05, 0) is 25.0 Å². The fourth-order valence-corrected chi connectivity index (χ4v) is 1.33. The number of hydrogen-bond acceptors (Lipinski definition) is 4. The summed E-state index contributed by atoms with van der Waals surface area (Å²) in [5, 5.41) is 21.8. The molecule has 0 aliphatic carbocycles. The van der Waals surface area contributed by atoms with Crippen molar-refractivity contribution in [2.45, 2.75) is 32.3 Å². The van der Waals surface area contributed by atoms with Gasteiger partial charge in [0.2, 0.25) is 0 Å². The molecular weight excluding hydrogens is 202 g/mol. The highest BCUT2D eigenvalue weighted by atomic mass is 16.3. The summed E-state index contributed by atoms with van der Waals surface area (Å²) >= 11 is 0. The number of aromatic nitrogens is 1. The van der Waals surface area contributed by atoms with Crippen LogP contribution >= 0.6 is 0 Å². The average Bonchev–Trinajstić information content (AvgIpc) is 2.36. The molecule has 0 spiro atoms. The number of nitrogens with zero attached hydrogens (tertiary/aromatic N) is 2. The predicted molar refractivity (Wildman–Crippen MR) is 63.0 cm³/mol. The second kappa shape index (κ2) is 5.47. The second-order valence-corrected chi connectivity index (χ2v) is 3.83. The largest absolute Gasteiger partial charge is 0.388 e. The maximum atomic E-state index is 10.1. The summed E-state index contributed by atoms with van der Waals surface area (Å²) in [6.07, 6.45) is 3.02. The van der Waals surface area contributed by atoms with E-state index in [9.17, 15) is 5.11 Å². The van der Waals surface area contributed by atoms with Crippen molar-refractivity contribution in [2.24, 2.45) is 0 Å². The van der Waals surface area contributed by atoms with Gasteiger partial charge in [-0.15, -0.1) is 0 Å². The molecule has 1 aromatic rings. The van der Waals surface area contributed by atoms with Gasteiger partial charge in [0.05, 0.1) is 17.5 Å². The number of rotatable bonds is 5. The highest BCUT2D eigenvalue weighted by Crippen LogP contribution is 2.16. The molecule has 0 unspecified atom stereocenters. The Hall–Kier alpha value is -1.60. The van der Waals surface area contributed by atoms with Gasteiger partial charge in [-0.1, -0.05) is 13.8 Å². The molecule has 0 amide bonds. The molecule has 4 heteroatoms. The van der Waals surface area contributed by atoms with Crippen LogP contribution in [0.2, 0.25) is 0 Å². The van der Waals surface area contributed by atoms with E-state index in [1.807, 2.05) is 19.9 Å². The molecule has 0 aliphatic rings. The standard InChI is InChI=1S/C12H17N3O/c1-3-12(16,4-2)9-15-11-6-5-10(7-13)14-8-11/h5-6,8,15-16H,3-4,9H2,1-2H3. The van der Waals surface area contributed by atoms with Crippen LogP contribution in [-0.2, 0) is 0 Å². The van der Waals surface area contributed by atoms with Gasteiger partial charge >= 0.3 is 0 Å². The molecule has 0 aliphatic heterocycles. The van der Waals surface area contributed by atoms with Crippen molar-refractivity contribution in [1.82, 2.24) is 4.98 Å². The Labute approximate surface area is 95.9 Å². The molecule has 0 fully saturated rings. The van der Waals surface area contributed by atoms with Crippen LogP contribution in [0.15, 0.2) is 18.3 Å². The zero-order valence-electron chi connectivity index (χ0n) is 9.70. The summed E-state index contributed by atoms with van der Waals surface area (Å²) in [6.45, 7) is 4.41. The summed E-state index contributed by atoms with van der Waals surface area (Å²) in [6, 6.07) is 5.40. The molecule has 0 bridgehead atoms. The Bertz CT molecular complexity index is 363. The number of aliphatic hydroxyl groups is 1. The van der Waals surface area contributed by atoms with Crippen molar-refractivity contribution in [3.8, 4) is 6.07 Å². The minimum atomic E-state index is -0.673. The second-order valence-electron chi connectivity index (χ2n) is 3.83. The van der Waals surface area contributed by atoms with Gasteiger partial charge in [-0.25, -0.2) is 4.98 Å². The lowest BCUT2D eigenvalue weighted by Crippen LogP contribution is -2.35. The Kier molecular flexibility index (Phi) is 4.27. The number of nitriles is 1. The third-order valence-corrected chi connectivity index (χ3v) is 2.82. The van der Waals surface area contributed by atoms with Crippen LogP contribution in [0.1, 0.15) is 32.4 Å². The minimum absolute atomic E-state index is 0.395. The lowest BCUT2D eigenvalue weighted by atomic mass is 9.97. The van der Waals surface area contributed by atoms with Crippen LogP contribution in [0.3, 0.4) is 0 Å². The van der Waals surface area contributed by atoms with Gasteiger partial charge in [0.25, 0.3) is 0 Å². The summed E-state index contributed by atoms with van der Waals surface area (Å²) in [4.78, 5) is 3.94. The van der Waals surface area contributed by atoms with Crippen LogP contribution < -0.4 is 5.32 Å². The number of hydrogen-bond donors (Lipinski definition) is 2. The topological polar surface area (TPSA) is 68.9 Å². The average molecular weight is 219 g/mol. The first-order valence-corrected chi connectivity index (χ1v) is 5.46. The fourth-order valence-electron chi connectivity index (χ4n) is 1.33. The Morgan fingerprint density at radius 2 is 2.12 bits per heavy atom. The van der Waals surface area contributed by atoms with Crippen LogP contribution in [0.5, 0.6) is 0 Å². The van der Waals surface area contributed by atoms with E-state index in [2.05, 4.69) is 10.3 Å². The lowest BCUT2D eigenvalue weighted by molar-refractivity contribution is 0.0457. The molecule has 16 heavy (non-hydrogen) atoms. The molecule has 1 rings (SSSR count). The van der Waals surface area contributed by atoms with E-state index in [0.29, 0.717) is 25.1 Å². The zero-order chi connectivity index (χ0) is 12.0. The number of nitrogens with one attached hydrogen (secondary N) is 1. The van der Waals surface area contributed by atoms with Gasteiger partial charge in [-0.2, -0.15) is 5.26 Å². The van der Waals surface area contributed by atoms with Crippen molar-refractivity contribution in [3.63, 3.8) is 0 Å². The van der Waals surface area contributed by atoms with Gasteiger partial charge < -0.3 is 10.4 Å². The fraction of sp³-hybridized carbons (Fsp3) is 0.500. The maximum Gasteiger partial charge on any atom is 0.140 e. The Morgan fingerprint density at radius 3 is 2.56 bits per heavy atom. The molecule has 86 valence electrons. The van der Waals surface area contributed by atoms with Crippen LogP contribution in [0.4, 0.5) is 5.69 Å². The Morgan fingerprint density at radius 1 is 1.44 bits per heavy atom. The van der Waals surface area contributed by atoms with E-state index in [1.165, 1.54) is 0 Å². The Balaban J connectivity index is 2.58. The zero-order valence-corrected chi connectivity index (χ0v) is 9.70. The molecular formula is C12H17N3O. The molecule has 0 aromatic carbocycles. The predicted octanol–water partition coefficient (Wildman–Crippen LogP) is 1.92. The first-order chi connectivity index (χ1) is 7.63. The monoisotopic (exact) mass is 219 g/mol. The highest BCUT2D eigenvalue weighted by Gasteiger charge is 2.21. The van der Waals surface area contributed by atoms with Crippen LogP contribution in [0.25, 0.3) is 0 Å². The summed E-state index contributed by atoms with van der Waals surface area (Å²) in [5.74, 6) is 0. The van der Waals surface area contributed by atoms with Crippen LogP contribution in [-0.4, -0.2) is 22.2 Å². The van der Waals surface area contributed by atoms with Gasteiger partial charge in [0.15, 0.2) is 0 Å². The van der Waals surface area contributed by atoms with E-state index >= 15 is 0 Å². The van der Waals surface area contributed by atoms with Crippen molar-refractivity contribution in [3.05, 3.63) is 24.0 Å². The van der Waals surface area contributed by atoms with E-state index in [1.54, 1.807) is 18.3 Å². The van der Waals surface area contributed by atoms with E-state index < -0.39 is 5.60 Å². The van der Waals surface area contributed by atoms with Gasteiger partial charge in [-0.3, -0.25) is 0 Å². The van der Waals surface area contributed by atoms with Crippen molar-refractivity contribution in [1.29, 1.82) is 5.26 Å². The van der Waals surface area contributed by atoms with E-state index in [4.69, 9.17) is 5.26 Å². The maximum absolute atomic E-state index is 10.1. The molecule has 4 nitrogen and oxygen atoms in total. The minimum Gasteiger partial charge on any atom is -0.388 e. The summed E-state index contributed by atoms with van der Waals surface area (Å²) in [5.41, 5.74) is 0.541. The smallest absolute Gasteiger partial charge is 0.140 e. The summed E-state index contributed by atoms with van der Waals surface area (Å²) in [7, 11) is 0. The van der Waals surface area contributed by atoms with Crippen LogP contribution in [0, 0.1) is 11.3 Å². The van der Waals surface area contributed by atoms with E-state index in [0.717, 1.165) is 5.69 Å². The third-order valence-electron chi connectivity index (χ3n) is 2.82. The van der Waals surface area contributed by atoms with Crippen molar-refractivity contribution in [2.75, 3.05) is 11.9 Å². The van der Waals surface area contributed by atoms with Gasteiger partial charge in [0, 0.05) is 6.54 Å². The molecule has 1 heterocycles. The first kappa shape index (κ1) is 12.5. The molecule has 0 saturated heterocycles. The number of anilines is 1. The summed E-state index contributed by atoms with van der Waals surface area (Å²) < 4.78 is 0. The molecule has 2 N–H and O–H groups in total. The van der Waals surface area contributed by atoms with E-state index in [-0.39, 0.29) is 0 Å². The normalized spacial score (nSPS) is 10.9. The molecule has 0 radical (unpaired) electrons. The SMILES string of the molecule is CCC(O)(CC)CNc1ccc(C#N)nc1. The third kappa shape index (κ3) is 3.21. The molecule has 1 aromatic heterocycles. The van der Waals surface area contributed by atoms with Crippen molar-refractivity contribution >= 4 is 5.69 Å².